The van der Waals surface area contributed by atoms with Crippen LogP contribution in [0.1, 0.15) is 16.7 Å². The summed E-state index contributed by atoms with van der Waals surface area (Å²) in [4.78, 5) is 1.96. The number of methoxy groups -OCH3 is 1. The van der Waals surface area contributed by atoms with Crippen LogP contribution in [-0.4, -0.2) is 15.5 Å². The van der Waals surface area contributed by atoms with Gasteiger partial charge in [0.2, 0.25) is 0 Å². The van der Waals surface area contributed by atoms with Gasteiger partial charge in [0.05, 0.1) is 12.0 Å². The van der Waals surface area contributed by atoms with Crippen molar-refractivity contribution in [3.63, 3.8) is 0 Å². The summed E-state index contributed by atoms with van der Waals surface area (Å²) >= 11 is 0. The molecule has 3 N–H and O–H groups in total. The Morgan fingerprint density at radius 3 is 2.19 bits per heavy atom. The standard InChI is InChI=1S/C10H16N2O3S/c1-6-7(2)9(15-4)5-10(8(6)3)16(13,14)12-11/h5,12H,11H2,1-4H3. The Balaban J connectivity index is 3.61. The summed E-state index contributed by atoms with van der Waals surface area (Å²) in [5, 5.41) is 0. The van der Waals surface area contributed by atoms with E-state index in [-0.39, 0.29) is 4.90 Å². The van der Waals surface area contributed by atoms with Gasteiger partial charge in [-0.25, -0.2) is 8.42 Å². The van der Waals surface area contributed by atoms with Crippen LogP contribution in [0.2, 0.25) is 0 Å². The maximum absolute atomic E-state index is 11.7. The number of benzene rings is 1. The molecule has 5 nitrogen and oxygen atoms in total. The Bertz CT molecular complexity index is 509. The molecule has 0 bridgehead atoms. The number of rotatable bonds is 3. The third kappa shape index (κ3) is 2.04. The van der Waals surface area contributed by atoms with Crippen molar-refractivity contribution in [1.82, 2.24) is 4.83 Å². The van der Waals surface area contributed by atoms with E-state index in [2.05, 4.69) is 0 Å². The second-order valence-corrected chi connectivity index (χ2v) is 5.26. The molecule has 0 aliphatic rings. The molecular weight excluding hydrogens is 228 g/mol. The van der Waals surface area contributed by atoms with E-state index >= 15 is 0 Å². The van der Waals surface area contributed by atoms with Crippen molar-refractivity contribution in [2.24, 2.45) is 5.84 Å². The number of sulfonamides is 1. The summed E-state index contributed by atoms with van der Waals surface area (Å²) in [5.74, 6) is 5.55. The zero-order valence-corrected chi connectivity index (χ0v) is 10.6. The molecule has 0 aliphatic heterocycles. The summed E-state index contributed by atoms with van der Waals surface area (Å²) in [6, 6.07) is 1.48. The fourth-order valence-corrected chi connectivity index (χ4v) is 2.49. The minimum absolute atomic E-state index is 0.148. The van der Waals surface area contributed by atoms with Gasteiger partial charge in [0, 0.05) is 6.07 Å². The van der Waals surface area contributed by atoms with Gasteiger partial charge in [-0.05, 0) is 37.5 Å². The van der Waals surface area contributed by atoms with Gasteiger partial charge < -0.3 is 4.74 Å². The van der Waals surface area contributed by atoms with E-state index in [4.69, 9.17) is 10.6 Å². The quantitative estimate of drug-likeness (QED) is 0.608. The second-order valence-electron chi connectivity index (χ2n) is 3.57. The first-order valence-electron chi connectivity index (χ1n) is 4.72. The normalized spacial score (nSPS) is 11.6. The highest BCUT2D eigenvalue weighted by Gasteiger charge is 2.19. The monoisotopic (exact) mass is 244 g/mol. The first-order chi connectivity index (χ1) is 7.35. The van der Waals surface area contributed by atoms with Crippen LogP contribution in [0.25, 0.3) is 0 Å². The van der Waals surface area contributed by atoms with E-state index < -0.39 is 10.0 Å². The molecule has 0 saturated carbocycles. The highest BCUT2D eigenvalue weighted by atomic mass is 32.2. The Kier molecular flexibility index (Phi) is 3.57. The number of hydrogen-bond acceptors (Lipinski definition) is 4. The Hall–Kier alpha value is -1.11. The Labute approximate surface area is 95.6 Å². The average Bonchev–Trinajstić information content (AvgIpc) is 2.26. The highest BCUT2D eigenvalue weighted by Crippen LogP contribution is 2.29. The van der Waals surface area contributed by atoms with Crippen LogP contribution in [0.4, 0.5) is 0 Å². The lowest BCUT2D eigenvalue weighted by Crippen LogP contribution is -2.31. The molecule has 6 heteroatoms. The predicted molar refractivity (Wildman–Crippen MR) is 61.7 cm³/mol. The molecule has 0 atom stereocenters. The van der Waals surface area contributed by atoms with E-state index in [1.54, 1.807) is 6.92 Å². The minimum atomic E-state index is -3.65. The first kappa shape index (κ1) is 13.0. The van der Waals surface area contributed by atoms with Crippen LogP contribution >= 0.6 is 0 Å². The van der Waals surface area contributed by atoms with Crippen molar-refractivity contribution in [2.75, 3.05) is 7.11 Å². The topological polar surface area (TPSA) is 81.4 Å². The predicted octanol–water partition coefficient (Wildman–Crippen LogP) is 0.772. The number of hydrazine groups is 1. The molecule has 0 aromatic heterocycles. The fourth-order valence-electron chi connectivity index (χ4n) is 1.54. The SMILES string of the molecule is COc1cc(S(=O)(=O)NN)c(C)c(C)c1C. The number of hydrogen-bond donors (Lipinski definition) is 2. The van der Waals surface area contributed by atoms with Gasteiger partial charge in [-0.2, -0.15) is 4.83 Å². The van der Waals surface area contributed by atoms with Gasteiger partial charge in [0.1, 0.15) is 5.75 Å². The molecule has 0 aliphatic carbocycles. The summed E-state index contributed by atoms with van der Waals surface area (Å²) in [7, 11) is -2.15. The Morgan fingerprint density at radius 2 is 1.75 bits per heavy atom. The van der Waals surface area contributed by atoms with Crippen molar-refractivity contribution in [3.05, 3.63) is 22.8 Å². The molecule has 1 aromatic carbocycles. The number of ether oxygens (including phenoxy) is 1. The second kappa shape index (κ2) is 4.40. The van der Waals surface area contributed by atoms with E-state index in [0.29, 0.717) is 11.3 Å². The van der Waals surface area contributed by atoms with E-state index in [1.165, 1.54) is 13.2 Å². The summed E-state index contributed by atoms with van der Waals surface area (Å²) in [6.07, 6.45) is 0. The number of nitrogens with two attached hydrogens (primary N) is 1. The lowest BCUT2D eigenvalue weighted by atomic mass is 10.0. The van der Waals surface area contributed by atoms with Crippen LogP contribution in [0.15, 0.2) is 11.0 Å². The largest absolute Gasteiger partial charge is 0.496 e. The summed E-state index contributed by atoms with van der Waals surface area (Å²) in [6.45, 7) is 5.47. The van der Waals surface area contributed by atoms with Crippen molar-refractivity contribution >= 4 is 10.0 Å². The molecule has 0 unspecified atom stereocenters. The minimum Gasteiger partial charge on any atom is -0.496 e. The molecule has 90 valence electrons. The highest BCUT2D eigenvalue weighted by molar-refractivity contribution is 7.89. The lowest BCUT2D eigenvalue weighted by molar-refractivity contribution is 0.409. The maximum atomic E-state index is 11.7. The van der Waals surface area contributed by atoms with E-state index in [0.717, 1.165) is 11.1 Å². The van der Waals surface area contributed by atoms with E-state index in [9.17, 15) is 8.42 Å². The maximum Gasteiger partial charge on any atom is 0.253 e. The van der Waals surface area contributed by atoms with Crippen LogP contribution < -0.4 is 15.4 Å². The molecule has 0 heterocycles. The molecule has 0 saturated heterocycles. The first-order valence-corrected chi connectivity index (χ1v) is 6.20. The van der Waals surface area contributed by atoms with Crippen molar-refractivity contribution in [3.8, 4) is 5.75 Å². The molecule has 1 aromatic rings. The van der Waals surface area contributed by atoms with Gasteiger partial charge in [-0.1, -0.05) is 0 Å². The van der Waals surface area contributed by atoms with Crippen molar-refractivity contribution in [1.29, 1.82) is 0 Å². The van der Waals surface area contributed by atoms with Gasteiger partial charge in [0.15, 0.2) is 0 Å². The van der Waals surface area contributed by atoms with Gasteiger partial charge in [-0.15, -0.1) is 0 Å². The van der Waals surface area contributed by atoms with Crippen molar-refractivity contribution < 1.29 is 13.2 Å². The Morgan fingerprint density at radius 1 is 1.19 bits per heavy atom. The van der Waals surface area contributed by atoms with Gasteiger partial charge in [-0.3, -0.25) is 5.84 Å². The van der Waals surface area contributed by atoms with Crippen molar-refractivity contribution in [2.45, 2.75) is 25.7 Å². The molecule has 16 heavy (non-hydrogen) atoms. The van der Waals surface area contributed by atoms with Crippen LogP contribution in [-0.2, 0) is 10.0 Å². The molecule has 0 fully saturated rings. The van der Waals surface area contributed by atoms with Gasteiger partial charge in [0.25, 0.3) is 10.0 Å². The zero-order valence-electron chi connectivity index (χ0n) is 9.79. The summed E-state index contributed by atoms with van der Waals surface area (Å²) < 4.78 is 28.5. The third-order valence-corrected chi connectivity index (χ3v) is 4.10. The fraction of sp³-hybridized carbons (Fsp3) is 0.400. The molecule has 0 amide bonds. The average molecular weight is 244 g/mol. The summed E-state index contributed by atoms with van der Waals surface area (Å²) in [5.41, 5.74) is 2.49. The van der Waals surface area contributed by atoms with Crippen LogP contribution in [0, 0.1) is 20.8 Å². The molecule has 1 rings (SSSR count). The van der Waals surface area contributed by atoms with Crippen LogP contribution in [0.3, 0.4) is 0 Å². The number of nitrogens with one attached hydrogen (secondary N) is 1. The van der Waals surface area contributed by atoms with Gasteiger partial charge >= 0.3 is 0 Å². The van der Waals surface area contributed by atoms with E-state index in [1.807, 2.05) is 18.7 Å². The molecule has 0 spiro atoms. The van der Waals surface area contributed by atoms with Crippen LogP contribution in [0.5, 0.6) is 5.75 Å². The smallest absolute Gasteiger partial charge is 0.253 e. The zero-order chi connectivity index (χ0) is 12.5. The molecule has 0 radical (unpaired) electrons. The lowest BCUT2D eigenvalue weighted by Gasteiger charge is -2.14. The third-order valence-electron chi connectivity index (χ3n) is 2.79. The molecular formula is C10H16N2O3S.